The van der Waals surface area contributed by atoms with E-state index in [0.717, 1.165) is 32.1 Å². The Morgan fingerprint density at radius 3 is 2.64 bits per heavy atom. The van der Waals surface area contributed by atoms with Crippen molar-refractivity contribution in [3.8, 4) is 0 Å². The molecule has 4 aliphatic rings. The summed E-state index contributed by atoms with van der Waals surface area (Å²) in [5, 5.41) is 41.0. The summed E-state index contributed by atoms with van der Waals surface area (Å²) < 4.78 is 0. The predicted molar refractivity (Wildman–Crippen MR) is 95.7 cm³/mol. The van der Waals surface area contributed by atoms with Crippen LogP contribution in [0.25, 0.3) is 0 Å². The summed E-state index contributed by atoms with van der Waals surface area (Å²) in [5.41, 5.74) is 2.42. The van der Waals surface area contributed by atoms with Crippen molar-refractivity contribution in [1.82, 2.24) is 0 Å². The van der Waals surface area contributed by atoms with E-state index in [1.165, 1.54) is 11.1 Å². The average molecular weight is 348 g/mol. The maximum Gasteiger partial charge on any atom is 0.0804 e. The molecule has 0 radical (unpaired) electrons. The van der Waals surface area contributed by atoms with Gasteiger partial charge in [-0.2, -0.15) is 0 Å². The van der Waals surface area contributed by atoms with E-state index in [4.69, 9.17) is 0 Å². The fraction of sp³-hybridized carbons (Fsp3) is 0.810. The van der Waals surface area contributed by atoms with Crippen molar-refractivity contribution in [3.63, 3.8) is 0 Å². The Kier molecular flexibility index (Phi) is 4.19. The topological polar surface area (TPSA) is 80.9 Å². The fourth-order valence-electron chi connectivity index (χ4n) is 6.91. The van der Waals surface area contributed by atoms with E-state index in [1.54, 1.807) is 0 Å². The van der Waals surface area contributed by atoms with Crippen LogP contribution >= 0.6 is 0 Å². The highest BCUT2D eigenvalue weighted by Gasteiger charge is 2.60. The van der Waals surface area contributed by atoms with Gasteiger partial charge in [-0.15, -0.1) is 0 Å². The molecule has 0 amide bonds. The molecule has 8 atom stereocenters. The minimum Gasteiger partial charge on any atom is -0.394 e. The Morgan fingerprint density at radius 2 is 1.92 bits per heavy atom. The summed E-state index contributed by atoms with van der Waals surface area (Å²) in [6, 6.07) is 0. The molecular formula is C21H32O4. The Balaban J connectivity index is 1.73. The normalized spacial score (nSPS) is 50.2. The number of aliphatic hydroxyl groups is 4. The molecule has 0 unspecified atom stereocenters. The molecule has 0 spiro atoms. The Hall–Kier alpha value is -0.680. The van der Waals surface area contributed by atoms with Gasteiger partial charge in [0.15, 0.2) is 0 Å². The van der Waals surface area contributed by atoms with E-state index in [9.17, 15) is 20.4 Å². The fourth-order valence-corrected chi connectivity index (χ4v) is 6.91. The molecule has 4 rings (SSSR count). The third-order valence-electron chi connectivity index (χ3n) is 8.21. The number of allylic oxidation sites excluding steroid dienone is 2. The van der Waals surface area contributed by atoms with Crippen molar-refractivity contribution in [2.75, 3.05) is 6.61 Å². The largest absolute Gasteiger partial charge is 0.394 e. The van der Waals surface area contributed by atoms with Crippen LogP contribution in [-0.4, -0.2) is 45.3 Å². The molecule has 4 aliphatic carbocycles. The van der Waals surface area contributed by atoms with Crippen LogP contribution in [0.1, 0.15) is 52.4 Å². The zero-order valence-corrected chi connectivity index (χ0v) is 15.4. The second kappa shape index (κ2) is 5.91. The number of aliphatic hydroxyl groups excluding tert-OH is 4. The molecule has 0 aromatic heterocycles. The lowest BCUT2D eigenvalue weighted by atomic mass is 9.49. The molecule has 4 nitrogen and oxygen atoms in total. The molecule has 140 valence electrons. The standard InChI is InChI=1S/C21H32O4/c1-20-8-7-13(23)9-12(20)3-4-14-15-5-6-16(18(25)11-22)21(15,2)10-17(24)19(14)20/h3-4,13,15-19,22-25H,5-11H2,1-2H3/t13-,15-,16+,17-,18+,19+,20-,21-/m0/s1. The number of hydrogen-bond donors (Lipinski definition) is 4. The van der Waals surface area contributed by atoms with Crippen LogP contribution in [0.4, 0.5) is 0 Å². The van der Waals surface area contributed by atoms with Crippen molar-refractivity contribution in [2.24, 2.45) is 28.6 Å². The Morgan fingerprint density at radius 1 is 1.16 bits per heavy atom. The Bertz CT molecular complexity index is 611. The van der Waals surface area contributed by atoms with Gasteiger partial charge in [-0.3, -0.25) is 0 Å². The molecule has 4 heteroatoms. The van der Waals surface area contributed by atoms with Crippen LogP contribution in [0, 0.1) is 28.6 Å². The van der Waals surface area contributed by atoms with Gasteiger partial charge in [-0.1, -0.05) is 37.1 Å². The molecule has 0 heterocycles. The summed E-state index contributed by atoms with van der Waals surface area (Å²) in [6.45, 7) is 4.26. The minimum absolute atomic E-state index is 0.0466. The third-order valence-corrected chi connectivity index (χ3v) is 8.21. The SMILES string of the molecule is C[C@]12C[C@H](O)[C@H]3C(=CC=C4C[C@@H](O)CC[C@@]43C)[C@@H]1CC[C@@H]2[C@H](O)CO. The van der Waals surface area contributed by atoms with Gasteiger partial charge < -0.3 is 20.4 Å². The summed E-state index contributed by atoms with van der Waals surface area (Å²) in [6.07, 6.45) is 8.09. The van der Waals surface area contributed by atoms with E-state index in [-0.39, 0.29) is 35.4 Å². The molecule has 0 aromatic rings. The smallest absolute Gasteiger partial charge is 0.0804 e. The van der Waals surface area contributed by atoms with Crippen LogP contribution in [0.2, 0.25) is 0 Å². The van der Waals surface area contributed by atoms with Gasteiger partial charge in [-0.25, -0.2) is 0 Å². The average Bonchev–Trinajstić information content (AvgIpc) is 2.91. The van der Waals surface area contributed by atoms with Crippen molar-refractivity contribution in [1.29, 1.82) is 0 Å². The van der Waals surface area contributed by atoms with Gasteiger partial charge in [0.1, 0.15) is 0 Å². The third kappa shape index (κ3) is 2.41. The lowest BCUT2D eigenvalue weighted by Gasteiger charge is -2.56. The van der Waals surface area contributed by atoms with Crippen molar-refractivity contribution in [3.05, 3.63) is 23.3 Å². The van der Waals surface area contributed by atoms with Gasteiger partial charge in [0, 0.05) is 5.92 Å². The number of fused-ring (bicyclic) bond motifs is 5. The van der Waals surface area contributed by atoms with Crippen molar-refractivity contribution < 1.29 is 20.4 Å². The minimum atomic E-state index is -0.700. The van der Waals surface area contributed by atoms with Gasteiger partial charge >= 0.3 is 0 Å². The van der Waals surface area contributed by atoms with E-state index < -0.39 is 12.2 Å². The van der Waals surface area contributed by atoms with Crippen LogP contribution in [-0.2, 0) is 0 Å². The summed E-state index contributed by atoms with van der Waals surface area (Å²) in [7, 11) is 0. The first-order chi connectivity index (χ1) is 11.8. The second-order valence-corrected chi connectivity index (χ2v) is 9.41. The zero-order chi connectivity index (χ0) is 18.0. The molecule has 0 aromatic carbocycles. The highest BCUT2D eigenvalue weighted by molar-refractivity contribution is 5.40. The number of rotatable bonds is 2. The molecule has 0 aliphatic heterocycles. The zero-order valence-electron chi connectivity index (χ0n) is 15.4. The highest BCUT2D eigenvalue weighted by Crippen LogP contribution is 2.65. The highest BCUT2D eigenvalue weighted by atomic mass is 16.3. The molecular weight excluding hydrogens is 316 g/mol. The predicted octanol–water partition coefficient (Wildman–Crippen LogP) is 2.17. The van der Waals surface area contributed by atoms with E-state index in [2.05, 4.69) is 26.0 Å². The van der Waals surface area contributed by atoms with E-state index >= 15 is 0 Å². The first kappa shape index (κ1) is 17.7. The maximum atomic E-state index is 11.2. The van der Waals surface area contributed by atoms with Crippen LogP contribution in [0.15, 0.2) is 23.3 Å². The van der Waals surface area contributed by atoms with Crippen LogP contribution in [0.3, 0.4) is 0 Å². The van der Waals surface area contributed by atoms with Gasteiger partial charge in [0.25, 0.3) is 0 Å². The van der Waals surface area contributed by atoms with Crippen LogP contribution in [0.5, 0.6) is 0 Å². The monoisotopic (exact) mass is 348 g/mol. The lowest BCUT2D eigenvalue weighted by Crippen LogP contribution is -2.53. The van der Waals surface area contributed by atoms with Gasteiger partial charge in [-0.05, 0) is 61.2 Å². The molecule has 3 fully saturated rings. The first-order valence-electron chi connectivity index (χ1n) is 9.87. The molecule has 0 saturated heterocycles. The van der Waals surface area contributed by atoms with Gasteiger partial charge in [0.2, 0.25) is 0 Å². The maximum absolute atomic E-state index is 11.2. The molecule has 3 saturated carbocycles. The van der Waals surface area contributed by atoms with Crippen molar-refractivity contribution in [2.45, 2.75) is 70.7 Å². The summed E-state index contributed by atoms with van der Waals surface area (Å²) in [5.74, 6) is 0.544. The first-order valence-corrected chi connectivity index (χ1v) is 9.87. The van der Waals surface area contributed by atoms with E-state index in [0.29, 0.717) is 12.3 Å². The number of hydrogen-bond acceptors (Lipinski definition) is 4. The second-order valence-electron chi connectivity index (χ2n) is 9.41. The molecule has 25 heavy (non-hydrogen) atoms. The quantitative estimate of drug-likeness (QED) is 0.616. The van der Waals surface area contributed by atoms with Gasteiger partial charge in [0.05, 0.1) is 24.9 Å². The Labute approximate surface area is 150 Å². The molecule has 0 bridgehead atoms. The molecule has 4 N–H and O–H groups in total. The summed E-state index contributed by atoms with van der Waals surface area (Å²) in [4.78, 5) is 0. The van der Waals surface area contributed by atoms with Crippen LogP contribution < -0.4 is 0 Å². The van der Waals surface area contributed by atoms with Crippen molar-refractivity contribution >= 4 is 0 Å². The summed E-state index contributed by atoms with van der Waals surface area (Å²) >= 11 is 0. The van der Waals surface area contributed by atoms with E-state index in [1.807, 2.05) is 0 Å². The lowest BCUT2D eigenvalue weighted by molar-refractivity contribution is -0.0741.